The van der Waals surface area contributed by atoms with Gasteiger partial charge in [-0.2, -0.15) is 0 Å². The van der Waals surface area contributed by atoms with Gasteiger partial charge in [0.05, 0.1) is 29.0 Å². The molecule has 3 rings (SSSR count). The number of aromatic nitrogens is 2. The second-order valence-electron chi connectivity index (χ2n) is 6.02. The standard InChI is InChI=1S/C20H23N5O/c1-22-16(9-10-21)15-11-17(23-2)19-18(12-15)25(20(26)24(19)3)13-14-7-5-4-6-8-14/h4-12,23H,13,21H2,1-3H3. The lowest BCUT2D eigenvalue weighted by atomic mass is 10.1. The minimum absolute atomic E-state index is 0.0538. The predicted octanol–water partition coefficient (Wildman–Crippen LogP) is 2.32. The van der Waals surface area contributed by atoms with Crippen LogP contribution in [0, 0.1) is 0 Å². The number of imidazole rings is 1. The molecule has 6 nitrogen and oxygen atoms in total. The lowest BCUT2D eigenvalue weighted by Gasteiger charge is -2.10. The maximum absolute atomic E-state index is 12.9. The highest BCUT2D eigenvalue weighted by Gasteiger charge is 2.16. The molecule has 3 N–H and O–H groups in total. The van der Waals surface area contributed by atoms with Crippen LogP contribution in [0.3, 0.4) is 0 Å². The van der Waals surface area contributed by atoms with Crippen molar-refractivity contribution in [1.82, 2.24) is 9.13 Å². The molecular weight excluding hydrogens is 326 g/mol. The molecule has 1 heterocycles. The summed E-state index contributed by atoms with van der Waals surface area (Å²) in [7, 11) is 5.36. The topological polar surface area (TPSA) is 77.3 Å². The second kappa shape index (κ2) is 7.31. The van der Waals surface area contributed by atoms with E-state index in [4.69, 9.17) is 5.73 Å². The van der Waals surface area contributed by atoms with Gasteiger partial charge in [-0.3, -0.25) is 14.1 Å². The van der Waals surface area contributed by atoms with Crippen molar-refractivity contribution in [2.24, 2.45) is 17.8 Å². The Morgan fingerprint density at radius 3 is 2.62 bits per heavy atom. The average Bonchev–Trinajstić information content (AvgIpc) is 2.91. The highest BCUT2D eigenvalue weighted by Crippen LogP contribution is 2.26. The number of nitrogens with two attached hydrogens (primary N) is 1. The number of nitrogens with one attached hydrogen (secondary N) is 1. The maximum atomic E-state index is 12.9. The number of anilines is 1. The van der Waals surface area contributed by atoms with Crippen molar-refractivity contribution in [1.29, 1.82) is 0 Å². The Kier molecular flexibility index (Phi) is 4.93. The van der Waals surface area contributed by atoms with Gasteiger partial charge in [-0.05, 0) is 30.0 Å². The van der Waals surface area contributed by atoms with E-state index in [1.807, 2.05) is 49.5 Å². The first kappa shape index (κ1) is 17.5. The average molecular weight is 349 g/mol. The van der Waals surface area contributed by atoms with E-state index in [1.54, 1.807) is 29.3 Å². The number of allylic oxidation sites excluding steroid dienone is 1. The monoisotopic (exact) mass is 349 g/mol. The van der Waals surface area contributed by atoms with E-state index >= 15 is 0 Å². The van der Waals surface area contributed by atoms with Gasteiger partial charge in [-0.1, -0.05) is 30.3 Å². The van der Waals surface area contributed by atoms with Crippen molar-refractivity contribution in [2.45, 2.75) is 6.54 Å². The molecule has 0 spiro atoms. The van der Waals surface area contributed by atoms with E-state index in [0.29, 0.717) is 6.54 Å². The lowest BCUT2D eigenvalue weighted by molar-refractivity contribution is 0.736. The molecule has 26 heavy (non-hydrogen) atoms. The first-order valence-corrected chi connectivity index (χ1v) is 8.41. The lowest BCUT2D eigenvalue weighted by Crippen LogP contribution is -2.22. The highest BCUT2D eigenvalue weighted by atomic mass is 16.1. The predicted molar refractivity (Wildman–Crippen MR) is 108 cm³/mol. The van der Waals surface area contributed by atoms with Crippen molar-refractivity contribution in [3.8, 4) is 0 Å². The fraction of sp³-hybridized carbons (Fsp3) is 0.200. The molecule has 1 aromatic heterocycles. The number of rotatable bonds is 5. The van der Waals surface area contributed by atoms with Crippen LogP contribution in [0.15, 0.2) is 64.5 Å². The molecule has 134 valence electrons. The van der Waals surface area contributed by atoms with Crippen molar-refractivity contribution in [3.63, 3.8) is 0 Å². The minimum Gasteiger partial charge on any atom is -0.405 e. The number of hydrogen-bond acceptors (Lipinski definition) is 4. The summed E-state index contributed by atoms with van der Waals surface area (Å²) >= 11 is 0. The van der Waals surface area contributed by atoms with Crippen molar-refractivity contribution in [3.05, 3.63) is 76.4 Å². The number of aliphatic imine (C=N–C) groups is 1. The van der Waals surface area contributed by atoms with Gasteiger partial charge in [0.1, 0.15) is 0 Å². The molecule has 6 heteroatoms. The summed E-state index contributed by atoms with van der Waals surface area (Å²) in [6.45, 7) is 0.509. The summed E-state index contributed by atoms with van der Waals surface area (Å²) < 4.78 is 3.46. The summed E-state index contributed by atoms with van der Waals surface area (Å²) in [5.74, 6) is 0. The van der Waals surface area contributed by atoms with Crippen LogP contribution in [0.5, 0.6) is 0 Å². The molecular formula is C20H23N5O. The van der Waals surface area contributed by atoms with Gasteiger partial charge in [-0.25, -0.2) is 4.79 Å². The Hall–Kier alpha value is -3.28. The van der Waals surface area contributed by atoms with Crippen LogP contribution in [0.4, 0.5) is 5.69 Å². The van der Waals surface area contributed by atoms with Gasteiger partial charge in [0.15, 0.2) is 0 Å². The first-order chi connectivity index (χ1) is 12.6. The molecule has 0 aliphatic carbocycles. The summed E-state index contributed by atoms with van der Waals surface area (Å²) in [6, 6.07) is 13.9. The van der Waals surface area contributed by atoms with Gasteiger partial charge >= 0.3 is 5.69 Å². The fourth-order valence-corrected chi connectivity index (χ4v) is 3.21. The summed E-state index contributed by atoms with van der Waals surface area (Å²) in [5.41, 5.74) is 10.8. The summed E-state index contributed by atoms with van der Waals surface area (Å²) in [4.78, 5) is 17.2. The zero-order valence-corrected chi connectivity index (χ0v) is 15.2. The molecule has 0 atom stereocenters. The third kappa shape index (κ3) is 3.01. The van der Waals surface area contributed by atoms with Gasteiger partial charge in [0.25, 0.3) is 0 Å². The van der Waals surface area contributed by atoms with E-state index in [9.17, 15) is 4.79 Å². The van der Waals surface area contributed by atoms with Crippen LogP contribution in [0.25, 0.3) is 11.0 Å². The van der Waals surface area contributed by atoms with Crippen LogP contribution >= 0.6 is 0 Å². The zero-order chi connectivity index (χ0) is 18.7. The molecule has 2 aromatic carbocycles. The normalized spacial score (nSPS) is 12.2. The zero-order valence-electron chi connectivity index (χ0n) is 15.2. The van der Waals surface area contributed by atoms with E-state index in [2.05, 4.69) is 10.3 Å². The molecule has 0 saturated carbocycles. The number of fused-ring (bicyclic) bond motifs is 1. The quantitative estimate of drug-likeness (QED) is 0.694. The Bertz CT molecular complexity index is 1040. The van der Waals surface area contributed by atoms with E-state index < -0.39 is 0 Å². The second-order valence-corrected chi connectivity index (χ2v) is 6.02. The molecule has 0 unspecified atom stereocenters. The Labute approximate surface area is 152 Å². The van der Waals surface area contributed by atoms with Gasteiger partial charge in [0, 0.05) is 26.7 Å². The van der Waals surface area contributed by atoms with E-state index in [0.717, 1.165) is 33.6 Å². The highest BCUT2D eigenvalue weighted by molar-refractivity contribution is 6.11. The minimum atomic E-state index is -0.0538. The largest absolute Gasteiger partial charge is 0.405 e. The summed E-state index contributed by atoms with van der Waals surface area (Å²) in [6.07, 6.45) is 3.22. The number of aryl methyl sites for hydroxylation is 1. The summed E-state index contributed by atoms with van der Waals surface area (Å²) in [5, 5.41) is 3.19. The number of hydrogen-bond donors (Lipinski definition) is 2. The third-order valence-electron chi connectivity index (χ3n) is 4.48. The molecule has 0 fully saturated rings. The fourth-order valence-electron chi connectivity index (χ4n) is 3.21. The van der Waals surface area contributed by atoms with Crippen molar-refractivity contribution < 1.29 is 0 Å². The Morgan fingerprint density at radius 1 is 1.27 bits per heavy atom. The molecule has 0 saturated heterocycles. The van der Waals surface area contributed by atoms with Crippen LogP contribution < -0.4 is 16.7 Å². The van der Waals surface area contributed by atoms with Gasteiger partial charge in [0.2, 0.25) is 0 Å². The van der Waals surface area contributed by atoms with Gasteiger partial charge in [-0.15, -0.1) is 0 Å². The van der Waals surface area contributed by atoms with Gasteiger partial charge < -0.3 is 11.1 Å². The third-order valence-corrected chi connectivity index (χ3v) is 4.48. The van der Waals surface area contributed by atoms with Crippen LogP contribution in [-0.2, 0) is 13.6 Å². The van der Waals surface area contributed by atoms with E-state index in [-0.39, 0.29) is 5.69 Å². The van der Waals surface area contributed by atoms with Crippen LogP contribution in [0.1, 0.15) is 11.1 Å². The van der Waals surface area contributed by atoms with E-state index in [1.165, 1.54) is 6.20 Å². The van der Waals surface area contributed by atoms with Crippen molar-refractivity contribution >= 4 is 22.4 Å². The molecule has 0 bridgehead atoms. The Morgan fingerprint density at radius 2 is 2.00 bits per heavy atom. The molecule has 0 amide bonds. The molecule has 0 aliphatic heterocycles. The van der Waals surface area contributed by atoms with Crippen LogP contribution in [0.2, 0.25) is 0 Å². The smallest absolute Gasteiger partial charge is 0.329 e. The number of nitrogens with zero attached hydrogens (tertiary/aromatic N) is 3. The molecule has 3 aromatic rings. The van der Waals surface area contributed by atoms with Crippen LogP contribution in [-0.4, -0.2) is 28.9 Å². The SMILES string of the molecule is CN=C(C=CN)c1cc(NC)c2c(c1)n(Cc1ccccc1)c(=O)n2C. The Balaban J connectivity index is 2.28. The maximum Gasteiger partial charge on any atom is 0.329 e. The first-order valence-electron chi connectivity index (χ1n) is 8.41. The molecule has 0 radical (unpaired) electrons. The molecule has 0 aliphatic rings. The number of benzene rings is 2. The van der Waals surface area contributed by atoms with Crippen molar-refractivity contribution in [2.75, 3.05) is 19.4 Å².